The number of allylic oxidation sites excluding steroid dienone is 1. The smallest absolute Gasteiger partial charge is 0.193 e. The lowest BCUT2D eigenvalue weighted by Crippen LogP contribution is -2.39. The molecule has 0 fully saturated rings. The van der Waals surface area contributed by atoms with Crippen LogP contribution in [0.4, 0.5) is 0 Å². The second-order valence-corrected chi connectivity index (χ2v) is 4.99. The van der Waals surface area contributed by atoms with Crippen molar-refractivity contribution in [1.82, 2.24) is 10.2 Å². The second kappa shape index (κ2) is 12.0. The van der Waals surface area contributed by atoms with E-state index in [1.165, 1.54) is 0 Å². The van der Waals surface area contributed by atoms with E-state index >= 15 is 0 Å². The fourth-order valence-corrected chi connectivity index (χ4v) is 2.07. The lowest BCUT2D eigenvalue weighted by Gasteiger charge is -2.22. The Kier molecular flexibility index (Phi) is 11.3. The third kappa shape index (κ3) is 7.11. The molecule has 0 spiro atoms. The van der Waals surface area contributed by atoms with Gasteiger partial charge >= 0.3 is 0 Å². The highest BCUT2D eigenvalue weighted by atomic mass is 127. The second-order valence-electron chi connectivity index (χ2n) is 4.99. The van der Waals surface area contributed by atoms with Crippen LogP contribution in [0.15, 0.2) is 35.8 Å². The number of hydrogen-bond acceptors (Lipinski definition) is 3. The number of aromatic hydroxyl groups is 1. The van der Waals surface area contributed by atoms with Crippen molar-refractivity contribution in [2.75, 3.05) is 27.2 Å². The monoisotopic (exact) mass is 433 g/mol. The molecule has 1 rings (SSSR count). The van der Waals surface area contributed by atoms with Gasteiger partial charge in [0.05, 0.1) is 13.7 Å². The van der Waals surface area contributed by atoms with Crippen LogP contribution >= 0.6 is 24.0 Å². The van der Waals surface area contributed by atoms with Crippen molar-refractivity contribution >= 4 is 29.9 Å². The largest absolute Gasteiger partial charge is 0.504 e. The number of nitrogens with one attached hydrogen (secondary N) is 1. The zero-order valence-corrected chi connectivity index (χ0v) is 16.5. The molecule has 6 heteroatoms. The Morgan fingerprint density at radius 1 is 1.48 bits per heavy atom. The van der Waals surface area contributed by atoms with Crippen molar-refractivity contribution in [2.45, 2.75) is 26.3 Å². The first kappa shape index (κ1) is 21.6. The summed E-state index contributed by atoms with van der Waals surface area (Å²) in [7, 11) is 3.55. The first-order valence-electron chi connectivity index (χ1n) is 7.59. The summed E-state index contributed by atoms with van der Waals surface area (Å²) in [5.74, 6) is 1.45. The summed E-state index contributed by atoms with van der Waals surface area (Å²) >= 11 is 0. The molecule has 0 saturated heterocycles. The Labute approximate surface area is 156 Å². The zero-order valence-electron chi connectivity index (χ0n) is 14.2. The quantitative estimate of drug-likeness (QED) is 0.217. The lowest BCUT2D eigenvalue weighted by atomic mass is 10.2. The number of benzene rings is 1. The van der Waals surface area contributed by atoms with Crippen molar-refractivity contribution in [3.63, 3.8) is 0 Å². The molecule has 0 aromatic heterocycles. The van der Waals surface area contributed by atoms with Gasteiger partial charge in [-0.1, -0.05) is 18.2 Å². The molecule has 0 aliphatic heterocycles. The molecule has 23 heavy (non-hydrogen) atoms. The van der Waals surface area contributed by atoms with E-state index in [0.717, 1.165) is 37.5 Å². The summed E-state index contributed by atoms with van der Waals surface area (Å²) in [6, 6.07) is 5.43. The number of para-hydroxylation sites is 1. The topological polar surface area (TPSA) is 57.1 Å². The van der Waals surface area contributed by atoms with Crippen LogP contribution in [0.5, 0.6) is 11.5 Å². The highest BCUT2D eigenvalue weighted by molar-refractivity contribution is 14.0. The normalized spacial score (nSPS) is 10.7. The summed E-state index contributed by atoms with van der Waals surface area (Å²) in [6.07, 6.45) is 3.95. The minimum absolute atomic E-state index is 0. The minimum Gasteiger partial charge on any atom is -0.504 e. The molecule has 130 valence electrons. The van der Waals surface area contributed by atoms with Crippen LogP contribution in [0.2, 0.25) is 0 Å². The molecule has 0 heterocycles. The fourth-order valence-electron chi connectivity index (χ4n) is 2.07. The van der Waals surface area contributed by atoms with E-state index in [-0.39, 0.29) is 29.7 Å². The van der Waals surface area contributed by atoms with E-state index in [0.29, 0.717) is 12.3 Å². The average molecular weight is 433 g/mol. The average Bonchev–Trinajstić information content (AvgIpc) is 2.52. The molecule has 0 bridgehead atoms. The van der Waals surface area contributed by atoms with Gasteiger partial charge in [0.25, 0.3) is 0 Å². The van der Waals surface area contributed by atoms with Crippen LogP contribution < -0.4 is 10.1 Å². The molecule has 0 aliphatic carbocycles. The Hall–Kier alpha value is -1.44. The first-order valence-corrected chi connectivity index (χ1v) is 7.59. The number of phenols is 1. The number of unbranched alkanes of at least 4 members (excludes halogenated alkanes) is 1. The molecular formula is C17H28IN3O2. The van der Waals surface area contributed by atoms with Crippen molar-refractivity contribution in [2.24, 2.45) is 4.99 Å². The molecule has 0 radical (unpaired) electrons. The molecule has 2 N–H and O–H groups in total. The number of guanidine groups is 1. The van der Waals surface area contributed by atoms with Crippen LogP contribution in [-0.2, 0) is 6.54 Å². The van der Waals surface area contributed by atoms with Gasteiger partial charge < -0.3 is 20.1 Å². The predicted octanol–water partition coefficient (Wildman–Crippen LogP) is 3.38. The summed E-state index contributed by atoms with van der Waals surface area (Å²) in [4.78, 5) is 6.68. The Morgan fingerprint density at radius 2 is 2.22 bits per heavy atom. The summed E-state index contributed by atoms with van der Waals surface area (Å²) in [5.41, 5.74) is 0.745. The number of phenolic OH excluding ortho intramolecular Hbond substituents is 1. The van der Waals surface area contributed by atoms with Crippen molar-refractivity contribution in [3.05, 3.63) is 36.4 Å². The van der Waals surface area contributed by atoms with Crippen molar-refractivity contribution in [3.8, 4) is 11.5 Å². The number of hydrogen-bond donors (Lipinski definition) is 2. The molecule has 0 aliphatic rings. The van der Waals surface area contributed by atoms with E-state index in [9.17, 15) is 5.11 Å². The first-order chi connectivity index (χ1) is 10.6. The van der Waals surface area contributed by atoms with Gasteiger partial charge in [0.1, 0.15) is 0 Å². The van der Waals surface area contributed by atoms with Crippen LogP contribution in [0.25, 0.3) is 0 Å². The maximum Gasteiger partial charge on any atom is 0.193 e. The fraction of sp³-hybridized carbons (Fsp3) is 0.471. The molecule has 1 aromatic carbocycles. The summed E-state index contributed by atoms with van der Waals surface area (Å²) in [6.45, 7) is 7.88. The van der Waals surface area contributed by atoms with Gasteiger partial charge in [0, 0.05) is 25.7 Å². The Balaban J connectivity index is 0.00000484. The van der Waals surface area contributed by atoms with Gasteiger partial charge in [0.15, 0.2) is 17.5 Å². The molecule has 5 nitrogen and oxygen atoms in total. The zero-order chi connectivity index (χ0) is 16.4. The minimum atomic E-state index is 0. The highest BCUT2D eigenvalue weighted by Gasteiger charge is 2.09. The molecule has 1 aromatic rings. The number of ether oxygens (including phenoxy) is 1. The van der Waals surface area contributed by atoms with Crippen molar-refractivity contribution < 1.29 is 9.84 Å². The van der Waals surface area contributed by atoms with Crippen LogP contribution in [0.3, 0.4) is 0 Å². The highest BCUT2D eigenvalue weighted by Crippen LogP contribution is 2.29. The maximum absolute atomic E-state index is 10.1. The summed E-state index contributed by atoms with van der Waals surface area (Å²) < 4.78 is 5.12. The maximum atomic E-state index is 10.1. The van der Waals surface area contributed by atoms with E-state index in [1.54, 1.807) is 13.2 Å². The number of aliphatic imine (C=N–C) groups is 1. The van der Waals surface area contributed by atoms with Crippen LogP contribution in [-0.4, -0.2) is 43.2 Å². The number of nitrogens with zero attached hydrogens (tertiary/aromatic N) is 2. The number of rotatable bonds is 8. The number of methoxy groups -OCH3 is 1. The SMILES string of the molecule is C=CCCCN(C)C(=NCc1cccc(OC)c1O)NCC.I. The van der Waals surface area contributed by atoms with E-state index in [1.807, 2.05) is 32.2 Å². The molecule has 0 atom stereocenters. The molecule has 0 saturated carbocycles. The standard InChI is InChI=1S/C17H27N3O2.HI/c1-5-7-8-12-20(3)17(18-6-2)19-13-14-10-9-11-15(22-4)16(14)21;/h5,9-11,21H,1,6-8,12-13H2,2-4H3,(H,18,19);1H. The molecule has 0 unspecified atom stereocenters. The van der Waals surface area contributed by atoms with Crippen molar-refractivity contribution in [1.29, 1.82) is 0 Å². The Morgan fingerprint density at radius 3 is 2.83 bits per heavy atom. The van der Waals surface area contributed by atoms with E-state index in [4.69, 9.17) is 4.74 Å². The number of halogens is 1. The van der Waals surface area contributed by atoms with Gasteiger partial charge in [0.2, 0.25) is 0 Å². The lowest BCUT2D eigenvalue weighted by molar-refractivity contribution is 0.370. The van der Waals surface area contributed by atoms with Crippen LogP contribution in [0.1, 0.15) is 25.3 Å². The van der Waals surface area contributed by atoms with Crippen LogP contribution in [0, 0.1) is 0 Å². The third-order valence-electron chi connectivity index (χ3n) is 3.30. The van der Waals surface area contributed by atoms with Gasteiger partial charge in [-0.25, -0.2) is 4.99 Å². The van der Waals surface area contributed by atoms with Gasteiger partial charge in [-0.05, 0) is 25.8 Å². The summed E-state index contributed by atoms with van der Waals surface area (Å²) in [5, 5.41) is 13.4. The molecule has 0 amide bonds. The Bertz CT molecular complexity index is 507. The van der Waals surface area contributed by atoms with Gasteiger partial charge in [-0.2, -0.15) is 0 Å². The predicted molar refractivity (Wildman–Crippen MR) is 107 cm³/mol. The van der Waals surface area contributed by atoms with E-state index in [2.05, 4.69) is 21.8 Å². The van der Waals surface area contributed by atoms with Gasteiger partial charge in [-0.3, -0.25) is 0 Å². The molecular weight excluding hydrogens is 405 g/mol. The third-order valence-corrected chi connectivity index (χ3v) is 3.30. The van der Waals surface area contributed by atoms with Gasteiger partial charge in [-0.15, -0.1) is 30.6 Å². The van der Waals surface area contributed by atoms with E-state index < -0.39 is 0 Å².